The Morgan fingerprint density at radius 2 is 2.27 bits per heavy atom. The predicted octanol–water partition coefficient (Wildman–Crippen LogP) is 2.38. The average molecular weight is 205 g/mol. The van der Waals surface area contributed by atoms with E-state index in [1.54, 1.807) is 7.11 Å². The Morgan fingerprint density at radius 3 is 3.00 bits per heavy atom. The standard InChI is InChI=1S/C13H19NO/c1-15-13-6-2-4-11(10-13)5-3-9-14-12-7-8-12/h2,4,6,10,12,14H,3,5,7-9H2,1H3. The van der Waals surface area contributed by atoms with Crippen molar-refractivity contribution in [1.82, 2.24) is 5.32 Å². The smallest absolute Gasteiger partial charge is 0.119 e. The molecule has 0 bridgehead atoms. The summed E-state index contributed by atoms with van der Waals surface area (Å²) in [4.78, 5) is 0. The lowest BCUT2D eigenvalue weighted by Crippen LogP contribution is -2.17. The summed E-state index contributed by atoms with van der Waals surface area (Å²) in [6.45, 7) is 1.14. The first-order valence-electron chi connectivity index (χ1n) is 5.75. The molecule has 0 aliphatic heterocycles. The van der Waals surface area contributed by atoms with Crippen LogP contribution in [0.1, 0.15) is 24.8 Å². The molecule has 0 amide bonds. The quantitative estimate of drug-likeness (QED) is 0.720. The van der Waals surface area contributed by atoms with E-state index in [9.17, 15) is 0 Å². The second-order valence-corrected chi connectivity index (χ2v) is 4.18. The molecule has 0 atom stereocenters. The molecule has 82 valence electrons. The molecule has 0 unspecified atom stereocenters. The fourth-order valence-corrected chi connectivity index (χ4v) is 1.71. The molecule has 1 saturated carbocycles. The zero-order valence-electron chi connectivity index (χ0n) is 9.33. The third-order valence-corrected chi connectivity index (χ3v) is 2.79. The zero-order valence-corrected chi connectivity index (χ0v) is 9.33. The van der Waals surface area contributed by atoms with Crippen molar-refractivity contribution in [3.8, 4) is 5.75 Å². The summed E-state index contributed by atoms with van der Waals surface area (Å²) >= 11 is 0. The van der Waals surface area contributed by atoms with E-state index in [1.165, 1.54) is 24.8 Å². The van der Waals surface area contributed by atoms with Gasteiger partial charge >= 0.3 is 0 Å². The highest BCUT2D eigenvalue weighted by Gasteiger charge is 2.19. The van der Waals surface area contributed by atoms with Crippen LogP contribution in [-0.2, 0) is 6.42 Å². The molecule has 1 N–H and O–H groups in total. The third kappa shape index (κ3) is 3.56. The lowest BCUT2D eigenvalue weighted by atomic mass is 10.1. The number of hydrogen-bond donors (Lipinski definition) is 1. The molecule has 0 aromatic heterocycles. The monoisotopic (exact) mass is 205 g/mol. The zero-order chi connectivity index (χ0) is 10.5. The van der Waals surface area contributed by atoms with Gasteiger partial charge in [-0.3, -0.25) is 0 Å². The average Bonchev–Trinajstić information content (AvgIpc) is 3.09. The summed E-state index contributed by atoms with van der Waals surface area (Å²) < 4.78 is 5.19. The molecule has 15 heavy (non-hydrogen) atoms. The highest BCUT2D eigenvalue weighted by Crippen LogP contribution is 2.18. The van der Waals surface area contributed by atoms with Crippen molar-refractivity contribution >= 4 is 0 Å². The van der Waals surface area contributed by atoms with Crippen LogP contribution in [0, 0.1) is 0 Å². The van der Waals surface area contributed by atoms with Crippen molar-refractivity contribution in [2.75, 3.05) is 13.7 Å². The van der Waals surface area contributed by atoms with Gasteiger partial charge in [-0.1, -0.05) is 12.1 Å². The summed E-state index contributed by atoms with van der Waals surface area (Å²) in [5.41, 5.74) is 1.37. The normalized spacial score (nSPS) is 15.3. The highest BCUT2D eigenvalue weighted by atomic mass is 16.5. The van der Waals surface area contributed by atoms with Crippen LogP contribution in [0.25, 0.3) is 0 Å². The lowest BCUT2D eigenvalue weighted by Gasteiger charge is -2.05. The van der Waals surface area contributed by atoms with Crippen LogP contribution < -0.4 is 10.1 Å². The van der Waals surface area contributed by atoms with E-state index in [2.05, 4.69) is 23.5 Å². The van der Waals surface area contributed by atoms with Gasteiger partial charge in [0, 0.05) is 6.04 Å². The minimum Gasteiger partial charge on any atom is -0.497 e. The maximum atomic E-state index is 5.19. The maximum absolute atomic E-state index is 5.19. The van der Waals surface area contributed by atoms with Gasteiger partial charge in [0.1, 0.15) is 5.75 Å². The molecule has 0 saturated heterocycles. The van der Waals surface area contributed by atoms with Crippen molar-refractivity contribution < 1.29 is 4.74 Å². The van der Waals surface area contributed by atoms with Crippen LogP contribution in [0.3, 0.4) is 0 Å². The van der Waals surface area contributed by atoms with Gasteiger partial charge in [0.15, 0.2) is 0 Å². The second kappa shape index (κ2) is 5.17. The number of methoxy groups -OCH3 is 1. The van der Waals surface area contributed by atoms with Crippen molar-refractivity contribution in [2.45, 2.75) is 31.7 Å². The first-order chi connectivity index (χ1) is 7.38. The van der Waals surface area contributed by atoms with Crippen LogP contribution in [0.2, 0.25) is 0 Å². The first-order valence-corrected chi connectivity index (χ1v) is 5.75. The molecule has 2 heteroatoms. The number of rotatable bonds is 6. The molecular weight excluding hydrogens is 186 g/mol. The largest absolute Gasteiger partial charge is 0.497 e. The minimum atomic E-state index is 0.829. The first kappa shape index (κ1) is 10.5. The summed E-state index contributed by atoms with van der Waals surface area (Å²) in [6.07, 6.45) is 5.10. The third-order valence-electron chi connectivity index (χ3n) is 2.79. The Morgan fingerprint density at radius 1 is 1.40 bits per heavy atom. The fourth-order valence-electron chi connectivity index (χ4n) is 1.71. The van der Waals surface area contributed by atoms with Crippen LogP contribution in [0.4, 0.5) is 0 Å². The molecule has 0 heterocycles. The van der Waals surface area contributed by atoms with Gasteiger partial charge in [-0.2, -0.15) is 0 Å². The van der Waals surface area contributed by atoms with E-state index < -0.39 is 0 Å². The van der Waals surface area contributed by atoms with Gasteiger partial charge in [0.25, 0.3) is 0 Å². The van der Waals surface area contributed by atoms with Gasteiger partial charge in [0.2, 0.25) is 0 Å². The second-order valence-electron chi connectivity index (χ2n) is 4.18. The summed E-state index contributed by atoms with van der Waals surface area (Å²) in [5.74, 6) is 0.961. The molecule has 1 aliphatic rings. The Balaban J connectivity index is 1.71. The summed E-state index contributed by atoms with van der Waals surface area (Å²) in [7, 11) is 1.72. The summed E-state index contributed by atoms with van der Waals surface area (Å²) in [5, 5.41) is 3.52. The molecular formula is C13H19NO. The molecule has 1 fully saturated rings. The van der Waals surface area contributed by atoms with Gasteiger partial charge < -0.3 is 10.1 Å². The molecule has 1 aliphatic carbocycles. The van der Waals surface area contributed by atoms with Crippen molar-refractivity contribution in [3.05, 3.63) is 29.8 Å². The van der Waals surface area contributed by atoms with Gasteiger partial charge in [-0.25, -0.2) is 0 Å². The van der Waals surface area contributed by atoms with Crippen molar-refractivity contribution in [1.29, 1.82) is 0 Å². The van der Waals surface area contributed by atoms with Gasteiger partial charge in [-0.05, 0) is 49.9 Å². The Kier molecular flexibility index (Phi) is 3.62. The molecule has 1 aromatic carbocycles. The molecule has 0 radical (unpaired) electrons. The SMILES string of the molecule is COc1cccc(CCCNC2CC2)c1. The molecule has 1 aromatic rings. The molecule has 0 spiro atoms. The van der Waals surface area contributed by atoms with Crippen molar-refractivity contribution in [2.24, 2.45) is 0 Å². The van der Waals surface area contributed by atoms with Crippen molar-refractivity contribution in [3.63, 3.8) is 0 Å². The van der Waals surface area contributed by atoms with E-state index in [-0.39, 0.29) is 0 Å². The number of benzene rings is 1. The van der Waals surface area contributed by atoms with E-state index in [0.29, 0.717) is 0 Å². The maximum Gasteiger partial charge on any atom is 0.119 e. The topological polar surface area (TPSA) is 21.3 Å². The minimum absolute atomic E-state index is 0.829. The Bertz CT molecular complexity index is 307. The fraction of sp³-hybridized carbons (Fsp3) is 0.538. The number of aryl methyl sites for hydroxylation is 1. The number of hydrogen-bond acceptors (Lipinski definition) is 2. The Labute approximate surface area is 91.6 Å². The van der Waals surface area contributed by atoms with Gasteiger partial charge in [-0.15, -0.1) is 0 Å². The van der Waals surface area contributed by atoms with Crippen LogP contribution >= 0.6 is 0 Å². The van der Waals surface area contributed by atoms with Gasteiger partial charge in [0.05, 0.1) is 7.11 Å². The van der Waals surface area contributed by atoms with E-state index in [1.807, 2.05) is 6.07 Å². The number of ether oxygens (including phenoxy) is 1. The lowest BCUT2D eigenvalue weighted by molar-refractivity contribution is 0.414. The van der Waals surface area contributed by atoms with E-state index in [4.69, 9.17) is 4.74 Å². The van der Waals surface area contributed by atoms with Crippen LogP contribution in [0.5, 0.6) is 5.75 Å². The molecule has 2 nitrogen and oxygen atoms in total. The van der Waals surface area contributed by atoms with E-state index in [0.717, 1.165) is 24.8 Å². The highest BCUT2D eigenvalue weighted by molar-refractivity contribution is 5.28. The van der Waals surface area contributed by atoms with Crippen LogP contribution in [0.15, 0.2) is 24.3 Å². The van der Waals surface area contributed by atoms with Crippen LogP contribution in [-0.4, -0.2) is 19.7 Å². The summed E-state index contributed by atoms with van der Waals surface area (Å²) in [6, 6.07) is 9.17. The Hall–Kier alpha value is -1.02. The molecule has 2 rings (SSSR count). The van der Waals surface area contributed by atoms with E-state index >= 15 is 0 Å². The predicted molar refractivity (Wildman–Crippen MR) is 62.3 cm³/mol. The number of nitrogens with one attached hydrogen (secondary N) is 1.